The van der Waals surface area contributed by atoms with Crippen molar-refractivity contribution in [2.24, 2.45) is 5.73 Å². The highest BCUT2D eigenvalue weighted by atomic mass is 16.2. The van der Waals surface area contributed by atoms with E-state index < -0.39 is 17.4 Å². The molecule has 2 aliphatic rings. The third-order valence-electron chi connectivity index (χ3n) is 4.99. The average molecular weight is 307 g/mol. The van der Waals surface area contributed by atoms with E-state index in [9.17, 15) is 9.59 Å². The fourth-order valence-electron chi connectivity index (χ4n) is 4.01. The summed E-state index contributed by atoms with van der Waals surface area (Å²) in [6.45, 7) is 0.392. The van der Waals surface area contributed by atoms with Gasteiger partial charge in [-0.1, -0.05) is 48.5 Å². The predicted octanol–water partition coefficient (Wildman–Crippen LogP) is 1.12. The average Bonchev–Trinajstić information content (AvgIpc) is 3.09. The molecule has 0 aliphatic carbocycles. The van der Waals surface area contributed by atoms with Crippen molar-refractivity contribution in [3.05, 3.63) is 65.7 Å². The molecule has 4 rings (SSSR count). The van der Waals surface area contributed by atoms with Gasteiger partial charge in [-0.25, -0.2) is 0 Å². The highest BCUT2D eigenvalue weighted by Gasteiger charge is 2.60. The van der Waals surface area contributed by atoms with Crippen LogP contribution in [0.4, 0.5) is 5.69 Å². The standard InChI is InChI=1S/C18H17N3O2/c19-16(22)15-14(11-6-2-1-3-7-11)18(10-20-15)12-8-4-5-9-13(12)21-17(18)23/h1-9,14-15,20H,10H2,(H2,19,22)(H,21,23). The summed E-state index contributed by atoms with van der Waals surface area (Å²) in [7, 11) is 0. The number of benzene rings is 2. The van der Waals surface area contributed by atoms with Gasteiger partial charge >= 0.3 is 0 Å². The molecule has 0 bridgehead atoms. The summed E-state index contributed by atoms with van der Waals surface area (Å²) in [5.41, 5.74) is 7.48. The number of hydrogen-bond acceptors (Lipinski definition) is 3. The lowest BCUT2D eigenvalue weighted by atomic mass is 9.68. The third kappa shape index (κ3) is 1.83. The Hall–Kier alpha value is -2.66. The normalized spacial score (nSPS) is 28.6. The quantitative estimate of drug-likeness (QED) is 0.777. The van der Waals surface area contributed by atoms with Crippen LogP contribution in [0.5, 0.6) is 0 Å². The monoisotopic (exact) mass is 307 g/mol. The van der Waals surface area contributed by atoms with Crippen LogP contribution in [0, 0.1) is 0 Å². The summed E-state index contributed by atoms with van der Waals surface area (Å²) in [5, 5.41) is 6.13. The minimum absolute atomic E-state index is 0.0798. The smallest absolute Gasteiger partial charge is 0.237 e. The number of para-hydroxylation sites is 1. The van der Waals surface area contributed by atoms with E-state index in [4.69, 9.17) is 5.73 Å². The molecule has 2 amide bonds. The van der Waals surface area contributed by atoms with Gasteiger partial charge in [-0.3, -0.25) is 9.59 Å². The van der Waals surface area contributed by atoms with Crippen molar-refractivity contribution in [1.29, 1.82) is 0 Å². The van der Waals surface area contributed by atoms with E-state index >= 15 is 0 Å². The summed E-state index contributed by atoms with van der Waals surface area (Å²) >= 11 is 0. The van der Waals surface area contributed by atoms with E-state index in [2.05, 4.69) is 10.6 Å². The second-order valence-electron chi connectivity index (χ2n) is 6.12. The van der Waals surface area contributed by atoms with E-state index in [1.54, 1.807) is 0 Å². The van der Waals surface area contributed by atoms with Crippen LogP contribution < -0.4 is 16.4 Å². The van der Waals surface area contributed by atoms with Crippen molar-refractivity contribution in [3.63, 3.8) is 0 Å². The summed E-state index contributed by atoms with van der Waals surface area (Å²) < 4.78 is 0. The van der Waals surface area contributed by atoms with E-state index in [-0.39, 0.29) is 11.8 Å². The fraction of sp³-hybridized carbons (Fsp3) is 0.222. The van der Waals surface area contributed by atoms with E-state index in [1.807, 2.05) is 54.6 Å². The van der Waals surface area contributed by atoms with Crippen LogP contribution in [0.15, 0.2) is 54.6 Å². The van der Waals surface area contributed by atoms with Crippen LogP contribution in [-0.4, -0.2) is 24.4 Å². The molecule has 2 aliphatic heterocycles. The minimum atomic E-state index is -0.808. The van der Waals surface area contributed by atoms with Gasteiger partial charge in [0, 0.05) is 18.2 Å². The number of anilines is 1. The van der Waals surface area contributed by atoms with Gasteiger partial charge in [-0.05, 0) is 17.2 Å². The predicted molar refractivity (Wildman–Crippen MR) is 86.9 cm³/mol. The number of primary amides is 1. The van der Waals surface area contributed by atoms with Crippen molar-refractivity contribution in [2.45, 2.75) is 17.4 Å². The zero-order chi connectivity index (χ0) is 16.0. The van der Waals surface area contributed by atoms with Gasteiger partial charge in [0.2, 0.25) is 11.8 Å². The maximum atomic E-state index is 12.9. The molecule has 0 saturated carbocycles. The number of carbonyl (C=O) groups excluding carboxylic acids is 2. The molecule has 1 saturated heterocycles. The summed E-state index contributed by atoms with van der Waals surface area (Å²) in [6, 6.07) is 16.7. The molecule has 0 radical (unpaired) electrons. The van der Waals surface area contributed by atoms with Crippen molar-refractivity contribution in [1.82, 2.24) is 5.32 Å². The van der Waals surface area contributed by atoms with Crippen LogP contribution in [0.3, 0.4) is 0 Å². The Balaban J connectivity index is 1.94. The maximum absolute atomic E-state index is 12.9. The highest BCUT2D eigenvalue weighted by molar-refractivity contribution is 6.08. The van der Waals surface area contributed by atoms with Crippen molar-refractivity contribution >= 4 is 17.5 Å². The number of carbonyl (C=O) groups is 2. The molecular weight excluding hydrogens is 290 g/mol. The highest BCUT2D eigenvalue weighted by Crippen LogP contribution is 2.51. The van der Waals surface area contributed by atoms with Gasteiger partial charge in [0.15, 0.2) is 0 Å². The zero-order valence-electron chi connectivity index (χ0n) is 12.5. The Morgan fingerprint density at radius 3 is 2.52 bits per heavy atom. The van der Waals surface area contributed by atoms with Crippen molar-refractivity contribution in [3.8, 4) is 0 Å². The largest absolute Gasteiger partial charge is 0.368 e. The molecule has 2 aromatic rings. The topological polar surface area (TPSA) is 84.2 Å². The first-order valence-corrected chi connectivity index (χ1v) is 7.63. The number of nitrogens with one attached hydrogen (secondary N) is 2. The van der Waals surface area contributed by atoms with Crippen LogP contribution in [0.25, 0.3) is 0 Å². The third-order valence-corrected chi connectivity index (χ3v) is 4.99. The number of nitrogens with two attached hydrogens (primary N) is 1. The molecule has 4 N–H and O–H groups in total. The van der Waals surface area contributed by atoms with E-state index in [0.717, 1.165) is 16.8 Å². The molecule has 3 atom stereocenters. The number of amides is 2. The Labute approximate surface area is 133 Å². The summed E-state index contributed by atoms with van der Waals surface area (Å²) in [4.78, 5) is 24.9. The molecule has 1 spiro atoms. The molecular formula is C18H17N3O2. The number of rotatable bonds is 2. The minimum Gasteiger partial charge on any atom is -0.368 e. The first-order valence-electron chi connectivity index (χ1n) is 7.63. The second kappa shape index (κ2) is 4.93. The fourth-order valence-corrected chi connectivity index (χ4v) is 4.01. The SMILES string of the molecule is NC(=O)C1NCC2(C(=O)Nc3ccccc32)C1c1ccccc1. The van der Waals surface area contributed by atoms with Crippen molar-refractivity contribution < 1.29 is 9.59 Å². The van der Waals surface area contributed by atoms with Crippen LogP contribution in [-0.2, 0) is 15.0 Å². The maximum Gasteiger partial charge on any atom is 0.237 e. The zero-order valence-corrected chi connectivity index (χ0v) is 12.5. The lowest BCUT2D eigenvalue weighted by molar-refractivity contribution is -0.121. The van der Waals surface area contributed by atoms with Gasteiger partial charge in [0.05, 0.1) is 11.5 Å². The molecule has 1 fully saturated rings. The molecule has 5 nitrogen and oxygen atoms in total. The first kappa shape index (κ1) is 14.0. The van der Waals surface area contributed by atoms with Gasteiger partial charge in [-0.15, -0.1) is 0 Å². The molecule has 2 aromatic carbocycles. The first-order chi connectivity index (χ1) is 11.1. The number of fused-ring (bicyclic) bond motifs is 2. The van der Waals surface area contributed by atoms with Crippen molar-refractivity contribution in [2.75, 3.05) is 11.9 Å². The lowest BCUT2D eigenvalue weighted by Crippen LogP contribution is -2.44. The Kier molecular flexibility index (Phi) is 2.99. The van der Waals surface area contributed by atoms with Gasteiger partial charge in [-0.2, -0.15) is 0 Å². The lowest BCUT2D eigenvalue weighted by Gasteiger charge is -2.30. The summed E-state index contributed by atoms with van der Waals surface area (Å²) in [5.74, 6) is -0.846. The van der Waals surface area contributed by atoms with E-state index in [0.29, 0.717) is 6.54 Å². The molecule has 3 unspecified atom stereocenters. The van der Waals surface area contributed by atoms with Gasteiger partial charge in [0.25, 0.3) is 0 Å². The van der Waals surface area contributed by atoms with Crippen LogP contribution in [0.1, 0.15) is 17.0 Å². The Morgan fingerprint density at radius 1 is 1.09 bits per heavy atom. The van der Waals surface area contributed by atoms with Gasteiger partial charge in [0.1, 0.15) is 0 Å². The molecule has 2 heterocycles. The summed E-state index contributed by atoms with van der Waals surface area (Å²) in [6.07, 6.45) is 0. The molecule has 0 aromatic heterocycles. The van der Waals surface area contributed by atoms with E-state index in [1.165, 1.54) is 0 Å². The Morgan fingerprint density at radius 2 is 1.78 bits per heavy atom. The molecule has 5 heteroatoms. The Bertz CT molecular complexity index is 790. The van der Waals surface area contributed by atoms with Gasteiger partial charge < -0.3 is 16.4 Å². The second-order valence-corrected chi connectivity index (χ2v) is 6.12. The number of hydrogen-bond donors (Lipinski definition) is 3. The van der Waals surface area contributed by atoms with Crippen LogP contribution >= 0.6 is 0 Å². The molecule has 23 heavy (non-hydrogen) atoms. The molecule has 116 valence electrons. The van der Waals surface area contributed by atoms with Crippen LogP contribution in [0.2, 0.25) is 0 Å².